The normalized spacial score (nSPS) is 28.4. The second kappa shape index (κ2) is 8.19. The Morgan fingerprint density at radius 1 is 1.25 bits per heavy atom. The van der Waals surface area contributed by atoms with Crippen LogP contribution in [0.25, 0.3) is 0 Å². The van der Waals surface area contributed by atoms with Gasteiger partial charge in [0.2, 0.25) is 0 Å². The summed E-state index contributed by atoms with van der Waals surface area (Å²) in [4.78, 5) is 18.8. The van der Waals surface area contributed by atoms with Crippen LogP contribution in [0.5, 0.6) is 0 Å². The Morgan fingerprint density at radius 3 is 2.42 bits per heavy atom. The standard InChI is InChI=1S/C18H34N4O2/c1-6-19-17(20-12-16(23)24-18(2,3)4)21-13-10-14-8-7-9-15(11-13)22(14)5/h13-15H,6-12H2,1-5H3,(H2,19,20,21). The highest BCUT2D eigenvalue weighted by molar-refractivity contribution is 5.83. The molecule has 2 fully saturated rings. The maximum absolute atomic E-state index is 11.9. The van der Waals surface area contributed by atoms with Gasteiger partial charge in [0.15, 0.2) is 5.96 Å². The zero-order chi connectivity index (χ0) is 17.7. The highest BCUT2D eigenvalue weighted by Crippen LogP contribution is 2.32. The number of piperidine rings is 2. The van der Waals surface area contributed by atoms with Gasteiger partial charge in [0.1, 0.15) is 12.1 Å². The molecule has 0 aliphatic carbocycles. The van der Waals surface area contributed by atoms with Crippen LogP contribution in [0.2, 0.25) is 0 Å². The number of nitrogens with zero attached hydrogens (tertiary/aromatic N) is 2. The Bertz CT molecular complexity index is 444. The summed E-state index contributed by atoms with van der Waals surface area (Å²) in [6.07, 6.45) is 6.21. The molecule has 2 aliphatic rings. The lowest BCUT2D eigenvalue weighted by Crippen LogP contribution is -2.56. The van der Waals surface area contributed by atoms with E-state index in [1.54, 1.807) is 0 Å². The summed E-state index contributed by atoms with van der Waals surface area (Å²) in [7, 11) is 2.26. The fourth-order valence-corrected chi connectivity index (χ4v) is 3.76. The van der Waals surface area contributed by atoms with Crippen LogP contribution in [0, 0.1) is 0 Å². The smallest absolute Gasteiger partial charge is 0.328 e. The summed E-state index contributed by atoms with van der Waals surface area (Å²) in [5.41, 5.74) is -0.468. The van der Waals surface area contributed by atoms with Crippen LogP contribution in [-0.4, -0.2) is 60.7 Å². The summed E-state index contributed by atoms with van der Waals surface area (Å²) in [6.45, 7) is 8.47. The monoisotopic (exact) mass is 338 g/mol. The van der Waals surface area contributed by atoms with Crippen molar-refractivity contribution in [3.05, 3.63) is 0 Å². The average Bonchev–Trinajstić information content (AvgIpc) is 2.44. The first-order valence-electron chi connectivity index (χ1n) is 9.27. The third kappa shape index (κ3) is 5.65. The van der Waals surface area contributed by atoms with Crippen molar-refractivity contribution in [3.63, 3.8) is 0 Å². The van der Waals surface area contributed by atoms with Crippen LogP contribution >= 0.6 is 0 Å². The van der Waals surface area contributed by atoms with Crippen molar-refractivity contribution in [3.8, 4) is 0 Å². The molecule has 24 heavy (non-hydrogen) atoms. The van der Waals surface area contributed by atoms with E-state index < -0.39 is 5.60 Å². The van der Waals surface area contributed by atoms with Crippen molar-refractivity contribution in [2.45, 2.75) is 83.5 Å². The Morgan fingerprint density at radius 2 is 1.88 bits per heavy atom. The van der Waals surface area contributed by atoms with Gasteiger partial charge in [-0.15, -0.1) is 0 Å². The third-order valence-electron chi connectivity index (χ3n) is 4.81. The van der Waals surface area contributed by atoms with Gasteiger partial charge in [-0.25, -0.2) is 4.99 Å². The molecule has 2 unspecified atom stereocenters. The predicted octanol–water partition coefficient (Wildman–Crippen LogP) is 1.90. The first kappa shape index (κ1) is 19.0. The van der Waals surface area contributed by atoms with E-state index in [2.05, 4.69) is 27.6 Å². The second-order valence-electron chi connectivity index (χ2n) is 8.00. The number of hydrogen-bond donors (Lipinski definition) is 2. The number of hydrogen-bond acceptors (Lipinski definition) is 4. The zero-order valence-corrected chi connectivity index (χ0v) is 15.9. The van der Waals surface area contributed by atoms with E-state index in [0.717, 1.165) is 25.3 Å². The maximum Gasteiger partial charge on any atom is 0.328 e. The Kier molecular flexibility index (Phi) is 6.49. The van der Waals surface area contributed by atoms with Crippen LogP contribution in [0.15, 0.2) is 4.99 Å². The first-order valence-corrected chi connectivity index (χ1v) is 9.27. The van der Waals surface area contributed by atoms with Crippen LogP contribution in [0.1, 0.15) is 59.8 Å². The van der Waals surface area contributed by atoms with Crippen LogP contribution in [0.3, 0.4) is 0 Å². The fraction of sp³-hybridized carbons (Fsp3) is 0.889. The number of aliphatic imine (C=N–C) groups is 1. The molecule has 6 heteroatoms. The van der Waals surface area contributed by atoms with E-state index in [9.17, 15) is 4.79 Å². The number of fused-ring (bicyclic) bond motifs is 2. The number of guanidine groups is 1. The van der Waals surface area contributed by atoms with Crippen molar-refractivity contribution in [2.24, 2.45) is 4.99 Å². The Hall–Kier alpha value is -1.30. The minimum Gasteiger partial charge on any atom is -0.459 e. The first-order chi connectivity index (χ1) is 11.3. The van der Waals surface area contributed by atoms with E-state index in [4.69, 9.17) is 4.74 Å². The van der Waals surface area contributed by atoms with E-state index in [1.807, 2.05) is 27.7 Å². The minimum atomic E-state index is -0.468. The molecule has 2 heterocycles. The highest BCUT2D eigenvalue weighted by atomic mass is 16.6. The molecule has 2 atom stereocenters. The Balaban J connectivity index is 1.91. The highest BCUT2D eigenvalue weighted by Gasteiger charge is 2.36. The molecule has 0 saturated carbocycles. The van der Waals surface area contributed by atoms with Crippen molar-refractivity contribution >= 4 is 11.9 Å². The number of nitrogens with one attached hydrogen (secondary N) is 2. The van der Waals surface area contributed by atoms with E-state index in [-0.39, 0.29) is 12.5 Å². The minimum absolute atomic E-state index is 0.0477. The number of ether oxygens (including phenoxy) is 1. The predicted molar refractivity (Wildman–Crippen MR) is 97.2 cm³/mol. The lowest BCUT2D eigenvalue weighted by molar-refractivity contribution is -0.152. The molecule has 0 aromatic rings. The summed E-state index contributed by atoms with van der Waals surface area (Å²) >= 11 is 0. The van der Waals surface area contributed by atoms with E-state index in [0.29, 0.717) is 18.1 Å². The molecule has 2 rings (SSSR count). The molecule has 0 radical (unpaired) electrons. The molecule has 2 bridgehead atoms. The molecule has 138 valence electrons. The fourth-order valence-electron chi connectivity index (χ4n) is 3.76. The maximum atomic E-state index is 11.9. The molecule has 2 N–H and O–H groups in total. The summed E-state index contributed by atoms with van der Waals surface area (Å²) in [6, 6.07) is 1.76. The van der Waals surface area contributed by atoms with Gasteiger partial charge in [-0.05, 0) is 60.4 Å². The largest absolute Gasteiger partial charge is 0.459 e. The topological polar surface area (TPSA) is 66.0 Å². The number of rotatable bonds is 4. The number of carbonyl (C=O) groups excluding carboxylic acids is 1. The lowest BCUT2D eigenvalue weighted by Gasteiger charge is -2.47. The average molecular weight is 338 g/mol. The van der Waals surface area contributed by atoms with Gasteiger partial charge in [0.25, 0.3) is 0 Å². The molecule has 0 aromatic carbocycles. The Labute approximate surface area is 146 Å². The quantitative estimate of drug-likeness (QED) is 0.466. The number of carbonyl (C=O) groups is 1. The van der Waals surface area contributed by atoms with Gasteiger partial charge < -0.3 is 20.3 Å². The zero-order valence-electron chi connectivity index (χ0n) is 15.9. The third-order valence-corrected chi connectivity index (χ3v) is 4.81. The summed E-state index contributed by atoms with van der Waals surface area (Å²) in [5, 5.41) is 6.77. The molecule has 6 nitrogen and oxygen atoms in total. The van der Waals surface area contributed by atoms with Crippen LogP contribution < -0.4 is 10.6 Å². The molecule has 0 aromatic heterocycles. The molecular formula is C18H34N4O2. The van der Waals surface area contributed by atoms with Gasteiger partial charge in [-0.3, -0.25) is 4.79 Å². The SMILES string of the molecule is CCNC(=NCC(=O)OC(C)(C)C)NC1CC2CCCC(C1)N2C. The summed E-state index contributed by atoms with van der Waals surface area (Å²) < 4.78 is 5.32. The van der Waals surface area contributed by atoms with Crippen molar-refractivity contribution < 1.29 is 9.53 Å². The second-order valence-corrected chi connectivity index (χ2v) is 8.00. The van der Waals surface area contributed by atoms with Crippen molar-refractivity contribution in [1.82, 2.24) is 15.5 Å². The van der Waals surface area contributed by atoms with E-state index in [1.165, 1.54) is 19.3 Å². The molecular weight excluding hydrogens is 304 g/mol. The van der Waals surface area contributed by atoms with Gasteiger partial charge in [0.05, 0.1) is 0 Å². The summed E-state index contributed by atoms with van der Waals surface area (Å²) in [5.74, 6) is 0.427. The van der Waals surface area contributed by atoms with Gasteiger partial charge in [-0.2, -0.15) is 0 Å². The van der Waals surface area contributed by atoms with Gasteiger partial charge >= 0.3 is 5.97 Å². The molecule has 0 amide bonds. The van der Waals surface area contributed by atoms with Crippen molar-refractivity contribution in [1.29, 1.82) is 0 Å². The van der Waals surface area contributed by atoms with Crippen LogP contribution in [-0.2, 0) is 9.53 Å². The van der Waals surface area contributed by atoms with Crippen molar-refractivity contribution in [2.75, 3.05) is 20.1 Å². The van der Waals surface area contributed by atoms with E-state index >= 15 is 0 Å². The molecule has 2 aliphatic heterocycles. The van der Waals surface area contributed by atoms with Gasteiger partial charge in [-0.1, -0.05) is 6.42 Å². The van der Waals surface area contributed by atoms with Crippen LogP contribution in [0.4, 0.5) is 0 Å². The molecule has 0 spiro atoms. The molecule has 2 saturated heterocycles. The van der Waals surface area contributed by atoms with Gasteiger partial charge in [0, 0.05) is 24.7 Å². The lowest BCUT2D eigenvalue weighted by atomic mass is 9.82. The number of esters is 1.